The first-order valence-electron chi connectivity index (χ1n) is 5.92. The average Bonchev–Trinajstić information content (AvgIpc) is 2.58. The SMILES string of the molecule is O=C1C=N[C@H](c2ccccc2)c2cc(Cl)ccc2N1. The first-order valence-corrected chi connectivity index (χ1v) is 6.30. The van der Waals surface area contributed by atoms with Crippen molar-refractivity contribution < 1.29 is 4.79 Å². The summed E-state index contributed by atoms with van der Waals surface area (Å²) in [6, 6.07) is 15.0. The number of carbonyl (C=O) groups is 1. The molecule has 1 aliphatic heterocycles. The first-order chi connectivity index (χ1) is 9.24. The van der Waals surface area contributed by atoms with E-state index in [1.165, 1.54) is 6.21 Å². The topological polar surface area (TPSA) is 41.5 Å². The zero-order valence-corrected chi connectivity index (χ0v) is 10.8. The van der Waals surface area contributed by atoms with Gasteiger partial charge in [0.25, 0.3) is 5.91 Å². The van der Waals surface area contributed by atoms with E-state index < -0.39 is 0 Å². The van der Waals surface area contributed by atoms with Gasteiger partial charge in [-0.2, -0.15) is 0 Å². The van der Waals surface area contributed by atoms with Gasteiger partial charge in [0.15, 0.2) is 0 Å². The molecule has 1 heterocycles. The number of nitrogens with zero attached hydrogens (tertiary/aromatic N) is 1. The Balaban J connectivity index is 2.17. The van der Waals surface area contributed by atoms with Crippen LogP contribution in [0.3, 0.4) is 0 Å². The summed E-state index contributed by atoms with van der Waals surface area (Å²) in [4.78, 5) is 16.0. The quantitative estimate of drug-likeness (QED) is 0.847. The molecule has 94 valence electrons. The largest absolute Gasteiger partial charge is 0.321 e. The molecule has 19 heavy (non-hydrogen) atoms. The fraction of sp³-hybridized carbons (Fsp3) is 0.0667. The number of carbonyl (C=O) groups excluding carboxylic acids is 1. The number of nitrogens with one attached hydrogen (secondary N) is 1. The third-order valence-electron chi connectivity index (χ3n) is 3.02. The van der Waals surface area contributed by atoms with Crippen LogP contribution in [0.5, 0.6) is 0 Å². The van der Waals surface area contributed by atoms with Gasteiger partial charge in [0.1, 0.15) is 6.04 Å². The van der Waals surface area contributed by atoms with Crippen LogP contribution >= 0.6 is 11.6 Å². The maximum atomic E-state index is 11.6. The number of aliphatic imine (C=N–C) groups is 1. The van der Waals surface area contributed by atoms with Gasteiger partial charge in [-0.25, -0.2) is 0 Å². The standard InChI is InChI=1S/C15H11ClN2O/c16-11-6-7-13-12(8-11)15(17-9-14(19)18-13)10-4-2-1-3-5-10/h1-9,15H,(H,18,19)/t15-/m1/s1. The molecule has 4 heteroatoms. The second-order valence-electron chi connectivity index (χ2n) is 4.31. The second-order valence-corrected chi connectivity index (χ2v) is 4.75. The van der Waals surface area contributed by atoms with Crippen molar-refractivity contribution in [1.82, 2.24) is 0 Å². The van der Waals surface area contributed by atoms with Crippen molar-refractivity contribution in [2.75, 3.05) is 5.32 Å². The van der Waals surface area contributed by atoms with Crippen LogP contribution in [0, 0.1) is 0 Å². The number of benzene rings is 2. The highest BCUT2D eigenvalue weighted by atomic mass is 35.5. The number of hydrogen-bond donors (Lipinski definition) is 1. The Morgan fingerprint density at radius 3 is 2.68 bits per heavy atom. The summed E-state index contributed by atoms with van der Waals surface area (Å²) in [5.74, 6) is -0.220. The molecule has 1 N–H and O–H groups in total. The van der Waals surface area contributed by atoms with Crippen LogP contribution in [0.25, 0.3) is 0 Å². The van der Waals surface area contributed by atoms with Gasteiger partial charge in [-0.15, -0.1) is 0 Å². The van der Waals surface area contributed by atoms with Gasteiger partial charge in [0.2, 0.25) is 0 Å². The highest BCUT2D eigenvalue weighted by molar-refractivity contribution is 6.33. The van der Waals surface area contributed by atoms with E-state index in [9.17, 15) is 4.79 Å². The lowest BCUT2D eigenvalue weighted by atomic mass is 9.98. The van der Waals surface area contributed by atoms with Crippen LogP contribution in [0.4, 0.5) is 5.69 Å². The van der Waals surface area contributed by atoms with Crippen molar-refractivity contribution in [2.24, 2.45) is 4.99 Å². The van der Waals surface area contributed by atoms with Crippen molar-refractivity contribution in [2.45, 2.75) is 6.04 Å². The maximum Gasteiger partial charge on any atom is 0.266 e. The number of fused-ring (bicyclic) bond motifs is 1. The van der Waals surface area contributed by atoms with Gasteiger partial charge in [-0.05, 0) is 23.8 Å². The molecule has 0 aliphatic carbocycles. The Labute approximate surface area is 115 Å². The minimum atomic E-state index is -0.220. The van der Waals surface area contributed by atoms with Crippen LogP contribution in [-0.2, 0) is 4.79 Å². The van der Waals surface area contributed by atoms with Crippen molar-refractivity contribution >= 4 is 29.4 Å². The summed E-state index contributed by atoms with van der Waals surface area (Å²) in [6.07, 6.45) is 1.32. The zero-order chi connectivity index (χ0) is 13.2. The summed E-state index contributed by atoms with van der Waals surface area (Å²) in [7, 11) is 0. The van der Waals surface area contributed by atoms with E-state index in [1.807, 2.05) is 36.4 Å². The van der Waals surface area contributed by atoms with Gasteiger partial charge in [-0.3, -0.25) is 9.79 Å². The van der Waals surface area contributed by atoms with Gasteiger partial charge < -0.3 is 5.32 Å². The fourth-order valence-corrected chi connectivity index (χ4v) is 2.34. The maximum absolute atomic E-state index is 11.6. The van der Waals surface area contributed by atoms with Crippen LogP contribution < -0.4 is 5.32 Å². The summed E-state index contributed by atoms with van der Waals surface area (Å²) in [6.45, 7) is 0. The number of anilines is 1. The third-order valence-corrected chi connectivity index (χ3v) is 3.26. The summed E-state index contributed by atoms with van der Waals surface area (Å²) in [5.41, 5.74) is 2.68. The predicted octanol–water partition coefficient (Wildman–Crippen LogP) is 3.45. The molecule has 0 radical (unpaired) electrons. The highest BCUT2D eigenvalue weighted by Crippen LogP contribution is 2.34. The second kappa shape index (κ2) is 4.86. The summed E-state index contributed by atoms with van der Waals surface area (Å²) < 4.78 is 0. The first kappa shape index (κ1) is 11.9. The molecule has 2 aromatic rings. The van der Waals surface area contributed by atoms with Crippen LogP contribution in [0.1, 0.15) is 17.2 Å². The molecule has 0 saturated carbocycles. The Hall–Kier alpha value is -2.13. The molecule has 1 atom stereocenters. The lowest BCUT2D eigenvalue weighted by Crippen LogP contribution is -2.11. The molecule has 0 spiro atoms. The van der Waals surface area contributed by atoms with Crippen LogP contribution in [0.15, 0.2) is 53.5 Å². The smallest absolute Gasteiger partial charge is 0.266 e. The molecule has 1 aliphatic rings. The molecule has 0 bridgehead atoms. The molecular formula is C15H11ClN2O. The number of hydrogen-bond acceptors (Lipinski definition) is 2. The molecule has 1 amide bonds. The molecular weight excluding hydrogens is 260 g/mol. The monoisotopic (exact) mass is 270 g/mol. The van der Waals surface area contributed by atoms with Crippen molar-refractivity contribution in [3.05, 3.63) is 64.7 Å². The minimum Gasteiger partial charge on any atom is -0.321 e. The van der Waals surface area contributed by atoms with Gasteiger partial charge in [0, 0.05) is 16.3 Å². The number of halogens is 1. The third kappa shape index (κ3) is 2.37. The molecule has 0 aromatic heterocycles. The Kier molecular flexibility index (Phi) is 3.05. The van der Waals surface area contributed by atoms with E-state index in [0.29, 0.717) is 5.02 Å². The van der Waals surface area contributed by atoms with Crippen molar-refractivity contribution in [3.8, 4) is 0 Å². The van der Waals surface area contributed by atoms with E-state index in [1.54, 1.807) is 12.1 Å². The van der Waals surface area contributed by atoms with E-state index in [-0.39, 0.29) is 11.9 Å². The van der Waals surface area contributed by atoms with Crippen LogP contribution in [-0.4, -0.2) is 12.1 Å². The Morgan fingerprint density at radius 2 is 1.89 bits per heavy atom. The number of rotatable bonds is 1. The fourth-order valence-electron chi connectivity index (χ4n) is 2.16. The van der Waals surface area contributed by atoms with Gasteiger partial charge in [-0.1, -0.05) is 41.9 Å². The lowest BCUT2D eigenvalue weighted by Gasteiger charge is -2.15. The molecule has 2 aromatic carbocycles. The Morgan fingerprint density at radius 1 is 1.11 bits per heavy atom. The lowest BCUT2D eigenvalue weighted by molar-refractivity contribution is -0.109. The normalized spacial score (nSPS) is 17.5. The molecule has 0 saturated heterocycles. The van der Waals surface area contributed by atoms with Gasteiger partial charge >= 0.3 is 0 Å². The van der Waals surface area contributed by atoms with Crippen molar-refractivity contribution in [1.29, 1.82) is 0 Å². The summed E-state index contributed by atoms with van der Waals surface area (Å²) in [5, 5.41) is 3.43. The summed E-state index contributed by atoms with van der Waals surface area (Å²) >= 11 is 6.05. The zero-order valence-electron chi connectivity index (χ0n) is 10.0. The molecule has 3 rings (SSSR count). The van der Waals surface area contributed by atoms with E-state index in [4.69, 9.17) is 11.6 Å². The van der Waals surface area contributed by atoms with Crippen molar-refractivity contribution in [3.63, 3.8) is 0 Å². The molecule has 0 unspecified atom stereocenters. The minimum absolute atomic E-state index is 0.214. The van der Waals surface area contributed by atoms with Crippen LogP contribution in [0.2, 0.25) is 5.02 Å². The van der Waals surface area contributed by atoms with E-state index >= 15 is 0 Å². The molecule has 0 fully saturated rings. The predicted molar refractivity (Wildman–Crippen MR) is 76.9 cm³/mol. The van der Waals surface area contributed by atoms with E-state index in [2.05, 4.69) is 10.3 Å². The average molecular weight is 271 g/mol. The van der Waals surface area contributed by atoms with E-state index in [0.717, 1.165) is 16.8 Å². The number of amides is 1. The highest BCUT2D eigenvalue weighted by Gasteiger charge is 2.20. The van der Waals surface area contributed by atoms with Gasteiger partial charge in [0.05, 0.1) is 6.21 Å². The molecule has 3 nitrogen and oxygen atoms in total. The Bertz CT molecular complexity index is 652.